The van der Waals surface area contributed by atoms with Gasteiger partial charge in [0.2, 0.25) is 10.0 Å². The highest BCUT2D eigenvalue weighted by Crippen LogP contribution is 2.06. The lowest BCUT2D eigenvalue weighted by atomic mass is 10.1. The molecule has 100 valence electrons. The van der Waals surface area contributed by atoms with Crippen molar-refractivity contribution in [2.24, 2.45) is 0 Å². The molecule has 0 amide bonds. The maximum Gasteiger partial charge on any atom is 0.336 e. The van der Waals surface area contributed by atoms with Crippen LogP contribution >= 0.6 is 0 Å². The smallest absolute Gasteiger partial charge is 0.336 e. The van der Waals surface area contributed by atoms with E-state index in [0.29, 0.717) is 5.56 Å². The van der Waals surface area contributed by atoms with E-state index in [9.17, 15) is 18.3 Å². The number of hydrogen-bond acceptors (Lipinski definition) is 4. The van der Waals surface area contributed by atoms with Gasteiger partial charge in [-0.1, -0.05) is 30.3 Å². The number of aliphatic hydroxyl groups is 1. The van der Waals surface area contributed by atoms with E-state index in [1.54, 1.807) is 30.3 Å². The molecule has 0 heterocycles. The number of nitrogens with one attached hydrogen (secondary N) is 1. The largest absolute Gasteiger partial charge is 0.479 e. The van der Waals surface area contributed by atoms with Crippen LogP contribution in [0.25, 0.3) is 0 Å². The van der Waals surface area contributed by atoms with E-state index >= 15 is 0 Å². The lowest BCUT2D eigenvalue weighted by Crippen LogP contribution is -2.46. The summed E-state index contributed by atoms with van der Waals surface area (Å²) in [6, 6.07) is 8.47. The Labute approximate surface area is 105 Å². The molecule has 0 aliphatic heterocycles. The molecular weight excluding hydrogens is 258 g/mol. The van der Waals surface area contributed by atoms with Crippen LogP contribution in [0.5, 0.6) is 0 Å². The molecule has 0 radical (unpaired) electrons. The SMILES string of the molecule is CC(O)(CNS(=O)(=O)Cc1ccccc1)C(=O)O. The highest BCUT2D eigenvalue weighted by atomic mass is 32.2. The molecule has 1 atom stereocenters. The van der Waals surface area contributed by atoms with E-state index in [0.717, 1.165) is 6.92 Å². The van der Waals surface area contributed by atoms with Gasteiger partial charge in [-0.2, -0.15) is 0 Å². The Bertz CT molecular complexity index is 509. The molecular formula is C11H15NO5S. The van der Waals surface area contributed by atoms with Gasteiger partial charge in [0.15, 0.2) is 5.60 Å². The van der Waals surface area contributed by atoms with E-state index in [4.69, 9.17) is 5.11 Å². The summed E-state index contributed by atoms with van der Waals surface area (Å²) in [5.74, 6) is -1.74. The standard InChI is InChI=1S/C11H15NO5S/c1-11(15,10(13)14)8-12-18(16,17)7-9-5-3-2-4-6-9/h2-6,12,15H,7-8H2,1H3,(H,13,14). The zero-order chi connectivity index (χ0) is 13.8. The van der Waals surface area contributed by atoms with Crippen LogP contribution in [0.3, 0.4) is 0 Å². The maximum absolute atomic E-state index is 11.7. The first-order valence-corrected chi connectivity index (χ1v) is 6.85. The molecule has 1 unspecified atom stereocenters. The topological polar surface area (TPSA) is 104 Å². The van der Waals surface area contributed by atoms with Gasteiger partial charge in [-0.3, -0.25) is 0 Å². The van der Waals surface area contributed by atoms with Crippen molar-refractivity contribution in [3.8, 4) is 0 Å². The molecule has 18 heavy (non-hydrogen) atoms. The minimum absolute atomic E-state index is 0.260. The number of benzene rings is 1. The monoisotopic (exact) mass is 273 g/mol. The van der Waals surface area contributed by atoms with Gasteiger partial charge in [0.1, 0.15) is 0 Å². The first kappa shape index (κ1) is 14.6. The normalized spacial score (nSPS) is 15.0. The van der Waals surface area contributed by atoms with Gasteiger partial charge in [-0.25, -0.2) is 17.9 Å². The Kier molecular flexibility index (Phi) is 4.44. The summed E-state index contributed by atoms with van der Waals surface area (Å²) >= 11 is 0. The molecule has 6 nitrogen and oxygen atoms in total. The first-order valence-electron chi connectivity index (χ1n) is 5.20. The highest BCUT2D eigenvalue weighted by molar-refractivity contribution is 7.88. The van der Waals surface area contributed by atoms with Gasteiger partial charge in [0.25, 0.3) is 0 Å². The van der Waals surface area contributed by atoms with E-state index < -0.39 is 28.1 Å². The van der Waals surface area contributed by atoms with Crippen molar-refractivity contribution in [3.63, 3.8) is 0 Å². The number of aliphatic carboxylic acids is 1. The average molecular weight is 273 g/mol. The van der Waals surface area contributed by atoms with Gasteiger partial charge in [0, 0.05) is 6.54 Å². The zero-order valence-electron chi connectivity index (χ0n) is 9.83. The van der Waals surface area contributed by atoms with Crippen LogP contribution in [-0.2, 0) is 20.6 Å². The zero-order valence-corrected chi connectivity index (χ0v) is 10.6. The molecule has 0 bridgehead atoms. The van der Waals surface area contributed by atoms with E-state index in [-0.39, 0.29) is 5.75 Å². The Morgan fingerprint density at radius 3 is 2.39 bits per heavy atom. The van der Waals surface area contributed by atoms with Gasteiger partial charge in [-0.05, 0) is 12.5 Å². The van der Waals surface area contributed by atoms with Crippen LogP contribution in [-0.4, -0.2) is 36.7 Å². The van der Waals surface area contributed by atoms with Gasteiger partial charge >= 0.3 is 5.97 Å². The van der Waals surface area contributed by atoms with Crippen molar-refractivity contribution in [1.29, 1.82) is 0 Å². The van der Waals surface area contributed by atoms with E-state index in [2.05, 4.69) is 4.72 Å². The number of rotatable bonds is 6. The van der Waals surface area contributed by atoms with Gasteiger partial charge in [0.05, 0.1) is 5.75 Å². The minimum Gasteiger partial charge on any atom is -0.479 e. The fraction of sp³-hybridized carbons (Fsp3) is 0.364. The quantitative estimate of drug-likeness (QED) is 0.673. The average Bonchev–Trinajstić information content (AvgIpc) is 2.27. The number of carbonyl (C=O) groups is 1. The molecule has 0 aromatic heterocycles. The Hall–Kier alpha value is -1.44. The second-order valence-electron chi connectivity index (χ2n) is 4.14. The highest BCUT2D eigenvalue weighted by Gasteiger charge is 2.31. The van der Waals surface area contributed by atoms with Crippen molar-refractivity contribution in [2.75, 3.05) is 6.54 Å². The van der Waals surface area contributed by atoms with Crippen molar-refractivity contribution in [3.05, 3.63) is 35.9 Å². The van der Waals surface area contributed by atoms with Crippen LogP contribution in [0, 0.1) is 0 Å². The van der Waals surface area contributed by atoms with Gasteiger partial charge < -0.3 is 10.2 Å². The van der Waals surface area contributed by atoms with Crippen molar-refractivity contribution < 1.29 is 23.4 Å². The summed E-state index contributed by atoms with van der Waals surface area (Å²) in [6.07, 6.45) is 0. The second-order valence-corrected chi connectivity index (χ2v) is 5.95. The van der Waals surface area contributed by atoms with Crippen LogP contribution in [0.2, 0.25) is 0 Å². The van der Waals surface area contributed by atoms with Crippen molar-refractivity contribution in [2.45, 2.75) is 18.3 Å². The predicted octanol–water partition coefficient (Wildman–Crippen LogP) is -0.0584. The minimum atomic E-state index is -3.67. The Morgan fingerprint density at radius 2 is 1.89 bits per heavy atom. The van der Waals surface area contributed by atoms with Crippen LogP contribution in [0.15, 0.2) is 30.3 Å². The van der Waals surface area contributed by atoms with Crippen molar-refractivity contribution in [1.82, 2.24) is 4.72 Å². The molecule has 1 rings (SSSR count). The van der Waals surface area contributed by atoms with E-state index in [1.807, 2.05) is 0 Å². The molecule has 0 saturated carbocycles. The predicted molar refractivity (Wildman–Crippen MR) is 65.3 cm³/mol. The molecule has 0 aliphatic rings. The summed E-state index contributed by atoms with van der Waals surface area (Å²) < 4.78 is 25.4. The summed E-state index contributed by atoms with van der Waals surface area (Å²) in [5.41, 5.74) is -1.54. The van der Waals surface area contributed by atoms with Crippen LogP contribution < -0.4 is 4.72 Å². The summed E-state index contributed by atoms with van der Waals surface area (Å²) in [4.78, 5) is 10.6. The number of sulfonamides is 1. The van der Waals surface area contributed by atoms with Crippen LogP contribution in [0.1, 0.15) is 12.5 Å². The molecule has 0 saturated heterocycles. The molecule has 0 aliphatic carbocycles. The summed E-state index contributed by atoms with van der Waals surface area (Å²) in [7, 11) is -3.67. The lowest BCUT2D eigenvalue weighted by molar-refractivity contribution is -0.155. The molecule has 0 spiro atoms. The lowest BCUT2D eigenvalue weighted by Gasteiger charge is -2.18. The Morgan fingerprint density at radius 1 is 1.33 bits per heavy atom. The maximum atomic E-state index is 11.7. The molecule has 0 fully saturated rings. The Balaban J connectivity index is 2.64. The molecule has 3 N–H and O–H groups in total. The van der Waals surface area contributed by atoms with Crippen molar-refractivity contribution >= 4 is 16.0 Å². The van der Waals surface area contributed by atoms with Gasteiger partial charge in [-0.15, -0.1) is 0 Å². The first-order chi connectivity index (χ1) is 8.23. The molecule has 1 aromatic carbocycles. The third-order valence-electron chi connectivity index (χ3n) is 2.30. The third-order valence-corrected chi connectivity index (χ3v) is 3.59. The molecule has 1 aromatic rings. The number of hydrogen-bond donors (Lipinski definition) is 3. The fourth-order valence-electron chi connectivity index (χ4n) is 1.17. The third kappa shape index (κ3) is 4.44. The summed E-state index contributed by atoms with van der Waals surface area (Å²) in [5, 5.41) is 18.0. The molecule has 7 heteroatoms. The number of carboxylic acids is 1. The number of carboxylic acid groups (broad SMARTS) is 1. The fourth-order valence-corrected chi connectivity index (χ4v) is 2.41. The van der Waals surface area contributed by atoms with Crippen LogP contribution in [0.4, 0.5) is 0 Å². The second kappa shape index (κ2) is 5.47. The summed E-state index contributed by atoms with van der Waals surface area (Å²) in [6.45, 7) is 0.456. The van der Waals surface area contributed by atoms with E-state index in [1.165, 1.54) is 0 Å².